The molecule has 1 unspecified atom stereocenters. The van der Waals surface area contributed by atoms with E-state index < -0.39 is 0 Å². The summed E-state index contributed by atoms with van der Waals surface area (Å²) < 4.78 is 0. The SMILES string of the molecule is C=C(C)NC(=NC(C)/C(C)=C/C(=C\C)c1ccccc1CNC)c1cc(CC)c(CC)cc1C. The van der Waals surface area contributed by atoms with E-state index in [1.807, 2.05) is 14.0 Å². The molecule has 0 saturated carbocycles. The summed E-state index contributed by atoms with van der Waals surface area (Å²) in [5.41, 5.74) is 11.1. The molecule has 2 aromatic carbocycles. The summed E-state index contributed by atoms with van der Waals surface area (Å²) in [4.78, 5) is 5.16. The molecule has 2 aromatic rings. The Labute approximate surface area is 207 Å². The van der Waals surface area contributed by atoms with Gasteiger partial charge in [0.25, 0.3) is 0 Å². The zero-order valence-corrected chi connectivity index (χ0v) is 22.5. The van der Waals surface area contributed by atoms with E-state index >= 15 is 0 Å². The number of aryl methyl sites for hydroxylation is 3. The molecule has 3 nitrogen and oxygen atoms in total. The second-order valence-corrected chi connectivity index (χ2v) is 9.02. The maximum Gasteiger partial charge on any atom is 0.133 e. The predicted molar refractivity (Wildman–Crippen MR) is 150 cm³/mol. The van der Waals surface area contributed by atoms with E-state index in [4.69, 9.17) is 4.99 Å². The van der Waals surface area contributed by atoms with Crippen molar-refractivity contribution in [2.45, 2.75) is 73.9 Å². The summed E-state index contributed by atoms with van der Waals surface area (Å²) in [5.74, 6) is 0.889. The summed E-state index contributed by atoms with van der Waals surface area (Å²) in [6.07, 6.45) is 6.51. The topological polar surface area (TPSA) is 36.4 Å². The first-order valence-corrected chi connectivity index (χ1v) is 12.5. The zero-order valence-electron chi connectivity index (χ0n) is 22.5. The molecule has 0 aliphatic rings. The number of nitrogens with zero attached hydrogens (tertiary/aromatic N) is 1. The zero-order chi connectivity index (χ0) is 25.3. The van der Waals surface area contributed by atoms with Crippen molar-refractivity contribution in [2.24, 2.45) is 4.99 Å². The smallest absolute Gasteiger partial charge is 0.133 e. The van der Waals surface area contributed by atoms with E-state index in [0.717, 1.165) is 36.5 Å². The Bertz CT molecular complexity index is 1090. The van der Waals surface area contributed by atoms with Crippen molar-refractivity contribution < 1.29 is 0 Å². The van der Waals surface area contributed by atoms with Crippen LogP contribution in [0.5, 0.6) is 0 Å². The number of hydrogen-bond donors (Lipinski definition) is 2. The molecule has 3 heteroatoms. The number of hydrogen-bond acceptors (Lipinski definition) is 2. The average molecular weight is 458 g/mol. The van der Waals surface area contributed by atoms with Gasteiger partial charge in [0.2, 0.25) is 0 Å². The van der Waals surface area contributed by atoms with Crippen molar-refractivity contribution in [3.05, 3.63) is 99.8 Å². The molecule has 0 aliphatic heterocycles. The molecule has 0 radical (unpaired) electrons. The van der Waals surface area contributed by atoms with Gasteiger partial charge in [0.05, 0.1) is 6.04 Å². The van der Waals surface area contributed by atoms with E-state index in [2.05, 4.69) is 107 Å². The van der Waals surface area contributed by atoms with Crippen LogP contribution in [0.25, 0.3) is 5.57 Å². The number of amidine groups is 1. The van der Waals surface area contributed by atoms with Crippen molar-refractivity contribution in [1.29, 1.82) is 0 Å². The van der Waals surface area contributed by atoms with Gasteiger partial charge in [-0.3, -0.25) is 4.99 Å². The van der Waals surface area contributed by atoms with Crippen molar-refractivity contribution >= 4 is 11.4 Å². The van der Waals surface area contributed by atoms with Gasteiger partial charge in [0.15, 0.2) is 0 Å². The molecular weight excluding hydrogens is 414 g/mol. The standard InChI is InChI=1S/C31H43N3/c1-10-25-18-23(7)30(19-26(25)11-2)31(33-21(4)5)34-24(8)22(6)17-27(12-3)29-16-14-13-15-28(29)20-32-9/h12-19,24,32H,4,10-11,20H2,1-3,5-9H3,(H,33,34)/b22-17+,27-12+. The van der Waals surface area contributed by atoms with Gasteiger partial charge in [-0.2, -0.15) is 0 Å². The monoisotopic (exact) mass is 457 g/mol. The van der Waals surface area contributed by atoms with Crippen molar-refractivity contribution in [3.63, 3.8) is 0 Å². The van der Waals surface area contributed by atoms with E-state index in [0.29, 0.717) is 0 Å². The fourth-order valence-corrected chi connectivity index (χ4v) is 4.22. The Hall–Kier alpha value is -2.91. The van der Waals surface area contributed by atoms with Gasteiger partial charge < -0.3 is 10.6 Å². The average Bonchev–Trinajstić information content (AvgIpc) is 2.82. The fraction of sp³-hybridized carbons (Fsp3) is 0.387. The second kappa shape index (κ2) is 13.1. The molecule has 182 valence electrons. The van der Waals surface area contributed by atoms with Gasteiger partial charge in [-0.05, 0) is 99.5 Å². The first-order valence-electron chi connectivity index (χ1n) is 12.5. The maximum absolute atomic E-state index is 5.16. The number of allylic oxidation sites excluding steroid dienone is 4. The Morgan fingerprint density at radius 1 is 1.03 bits per heavy atom. The van der Waals surface area contributed by atoms with Crippen LogP contribution < -0.4 is 10.6 Å². The largest absolute Gasteiger partial charge is 0.344 e. The van der Waals surface area contributed by atoms with Crippen LogP contribution in [-0.2, 0) is 19.4 Å². The lowest BCUT2D eigenvalue weighted by Crippen LogP contribution is -2.25. The quantitative estimate of drug-likeness (QED) is 0.226. The Balaban J connectivity index is 2.49. The van der Waals surface area contributed by atoms with Crippen LogP contribution in [0.3, 0.4) is 0 Å². The second-order valence-electron chi connectivity index (χ2n) is 9.02. The summed E-state index contributed by atoms with van der Waals surface area (Å²) in [6, 6.07) is 13.2. The number of aliphatic imine (C=N–C) groups is 1. The summed E-state index contributed by atoms with van der Waals surface area (Å²) in [7, 11) is 1.99. The van der Waals surface area contributed by atoms with Gasteiger partial charge in [-0.1, -0.05) is 62.9 Å². The first-order chi connectivity index (χ1) is 16.2. The van der Waals surface area contributed by atoms with Crippen LogP contribution in [0.2, 0.25) is 0 Å². The minimum Gasteiger partial charge on any atom is -0.344 e. The highest BCUT2D eigenvalue weighted by Crippen LogP contribution is 2.24. The van der Waals surface area contributed by atoms with Crippen LogP contribution in [0.1, 0.15) is 74.9 Å². The van der Waals surface area contributed by atoms with Gasteiger partial charge >= 0.3 is 0 Å². The van der Waals surface area contributed by atoms with Crippen molar-refractivity contribution in [1.82, 2.24) is 10.6 Å². The molecule has 0 aliphatic carbocycles. The van der Waals surface area contributed by atoms with Gasteiger partial charge in [0.1, 0.15) is 5.84 Å². The lowest BCUT2D eigenvalue weighted by atomic mass is 9.95. The number of benzene rings is 2. The predicted octanol–water partition coefficient (Wildman–Crippen LogP) is 7.15. The molecule has 0 aromatic heterocycles. The summed E-state index contributed by atoms with van der Waals surface area (Å²) in [5, 5.41) is 6.72. The lowest BCUT2D eigenvalue weighted by Gasteiger charge is -2.19. The summed E-state index contributed by atoms with van der Waals surface area (Å²) >= 11 is 0. The molecule has 0 bridgehead atoms. The van der Waals surface area contributed by atoms with E-state index in [1.54, 1.807) is 0 Å². The first kappa shape index (κ1) is 27.3. The van der Waals surface area contributed by atoms with E-state index in [1.165, 1.54) is 39.0 Å². The Morgan fingerprint density at radius 3 is 2.26 bits per heavy atom. The third-order valence-corrected chi connectivity index (χ3v) is 6.27. The fourth-order valence-electron chi connectivity index (χ4n) is 4.22. The molecule has 0 fully saturated rings. The molecule has 1 atom stereocenters. The normalized spacial score (nSPS) is 13.7. The van der Waals surface area contributed by atoms with E-state index in [-0.39, 0.29) is 6.04 Å². The van der Waals surface area contributed by atoms with Gasteiger partial charge in [0, 0.05) is 17.8 Å². The van der Waals surface area contributed by atoms with Crippen LogP contribution in [0, 0.1) is 6.92 Å². The molecule has 2 rings (SSSR count). The van der Waals surface area contributed by atoms with E-state index in [9.17, 15) is 0 Å². The van der Waals surface area contributed by atoms with Gasteiger partial charge in [-0.15, -0.1) is 0 Å². The van der Waals surface area contributed by atoms with Crippen molar-refractivity contribution in [2.75, 3.05) is 7.05 Å². The van der Waals surface area contributed by atoms with Crippen LogP contribution in [0.15, 0.2) is 71.4 Å². The van der Waals surface area contributed by atoms with Crippen LogP contribution in [-0.4, -0.2) is 18.9 Å². The third kappa shape index (κ3) is 7.04. The lowest BCUT2D eigenvalue weighted by molar-refractivity contribution is 0.815. The minimum absolute atomic E-state index is 0.0172. The molecule has 2 N–H and O–H groups in total. The Kier molecular flexibility index (Phi) is 10.5. The molecule has 0 spiro atoms. The van der Waals surface area contributed by atoms with Crippen LogP contribution in [0.4, 0.5) is 0 Å². The van der Waals surface area contributed by atoms with Crippen molar-refractivity contribution in [3.8, 4) is 0 Å². The number of rotatable bonds is 10. The molecule has 0 saturated heterocycles. The molecular formula is C31H43N3. The van der Waals surface area contributed by atoms with Crippen LogP contribution >= 0.6 is 0 Å². The molecule has 0 amide bonds. The third-order valence-electron chi connectivity index (χ3n) is 6.27. The molecule has 0 heterocycles. The Morgan fingerprint density at radius 2 is 1.68 bits per heavy atom. The summed E-state index contributed by atoms with van der Waals surface area (Å²) in [6.45, 7) is 20.0. The molecule has 34 heavy (non-hydrogen) atoms. The highest BCUT2D eigenvalue weighted by molar-refractivity contribution is 6.01. The minimum atomic E-state index is 0.0172. The number of nitrogens with one attached hydrogen (secondary N) is 2. The van der Waals surface area contributed by atoms with Gasteiger partial charge in [-0.25, -0.2) is 0 Å². The highest BCUT2D eigenvalue weighted by Gasteiger charge is 2.14. The maximum atomic E-state index is 5.16. The highest BCUT2D eigenvalue weighted by atomic mass is 15.0.